The summed E-state index contributed by atoms with van der Waals surface area (Å²) in [4.78, 5) is 25.0. The van der Waals surface area contributed by atoms with Gasteiger partial charge < -0.3 is 24.1 Å². The molecule has 0 fully saturated rings. The number of para-hydroxylation sites is 1. The van der Waals surface area contributed by atoms with Crippen molar-refractivity contribution in [2.75, 3.05) is 33.5 Å². The van der Waals surface area contributed by atoms with Crippen molar-refractivity contribution in [3.05, 3.63) is 113 Å². The summed E-state index contributed by atoms with van der Waals surface area (Å²) in [5, 5.41) is 5.51. The summed E-state index contributed by atoms with van der Waals surface area (Å²) < 4.78 is 18.7. The highest BCUT2D eigenvalue weighted by molar-refractivity contribution is 6.31. The van der Waals surface area contributed by atoms with Crippen LogP contribution < -0.4 is 10.1 Å². The maximum atomic E-state index is 13.6. The first kappa shape index (κ1) is 36.0. The van der Waals surface area contributed by atoms with Gasteiger partial charge in [0.2, 0.25) is 0 Å². The van der Waals surface area contributed by atoms with Gasteiger partial charge in [0.05, 0.1) is 13.7 Å². The number of aryl methyl sites for hydroxylation is 1. The Morgan fingerprint density at radius 1 is 0.735 bits per heavy atom. The van der Waals surface area contributed by atoms with Gasteiger partial charge in [-0.15, -0.1) is 0 Å². The molecule has 0 aliphatic carbocycles. The zero-order chi connectivity index (χ0) is 34.4. The maximum absolute atomic E-state index is 13.6. The van der Waals surface area contributed by atoms with E-state index in [0.29, 0.717) is 39.0 Å². The number of halogens is 2. The summed E-state index contributed by atoms with van der Waals surface area (Å²) in [5.41, 5.74) is 4.78. The number of carbonyl (C=O) groups excluding carboxylic acids is 2. The van der Waals surface area contributed by atoms with Crippen LogP contribution in [0.1, 0.15) is 48.9 Å². The molecule has 1 aromatic heterocycles. The van der Waals surface area contributed by atoms with Crippen LogP contribution in [0.2, 0.25) is 10.0 Å². The maximum Gasteiger partial charge on any atom is 0.331 e. The molecule has 9 heteroatoms. The van der Waals surface area contributed by atoms with E-state index in [1.165, 1.54) is 30.9 Å². The first-order valence-electron chi connectivity index (χ1n) is 16.7. The molecule has 0 aliphatic rings. The molecule has 0 radical (unpaired) electrons. The first-order valence-corrected chi connectivity index (χ1v) is 17.5. The third kappa shape index (κ3) is 10.3. The molecule has 1 amide bonds. The minimum Gasteiger partial charge on any atom is -0.490 e. The molecule has 0 unspecified atom stereocenters. The van der Waals surface area contributed by atoms with Crippen LogP contribution in [-0.2, 0) is 20.8 Å². The van der Waals surface area contributed by atoms with E-state index >= 15 is 0 Å². The third-order valence-corrected chi connectivity index (χ3v) is 8.81. The van der Waals surface area contributed by atoms with E-state index in [1.54, 1.807) is 12.1 Å². The highest BCUT2D eigenvalue weighted by atomic mass is 35.5. The van der Waals surface area contributed by atoms with Crippen molar-refractivity contribution in [3.8, 4) is 28.0 Å². The minimum atomic E-state index is -0.466. The van der Waals surface area contributed by atoms with Crippen molar-refractivity contribution in [3.63, 3.8) is 0 Å². The van der Waals surface area contributed by atoms with Gasteiger partial charge in [-0.25, -0.2) is 4.79 Å². The number of unbranched alkanes of at least 4 members (excludes halogenated alkanes) is 5. The molecule has 1 heterocycles. The summed E-state index contributed by atoms with van der Waals surface area (Å²) in [6, 6.07) is 29.1. The fourth-order valence-corrected chi connectivity index (χ4v) is 6.21. The van der Waals surface area contributed by atoms with Crippen LogP contribution in [0.5, 0.6) is 5.75 Å². The fraction of sp³-hybridized carbons (Fsp3) is 0.300. The highest BCUT2D eigenvalue weighted by Gasteiger charge is 2.19. The minimum absolute atomic E-state index is 0.158. The van der Waals surface area contributed by atoms with E-state index in [1.807, 2.05) is 48.5 Å². The predicted molar refractivity (Wildman–Crippen MR) is 198 cm³/mol. The Labute approximate surface area is 298 Å². The first-order chi connectivity index (χ1) is 23.9. The lowest BCUT2D eigenvalue weighted by Crippen LogP contribution is -2.24. The number of methoxy groups -OCH3 is 1. The number of hydrogen-bond donors (Lipinski definition) is 1. The molecule has 0 spiro atoms. The van der Waals surface area contributed by atoms with Crippen LogP contribution in [0.4, 0.5) is 0 Å². The van der Waals surface area contributed by atoms with Crippen molar-refractivity contribution in [2.45, 2.75) is 45.1 Å². The van der Waals surface area contributed by atoms with Gasteiger partial charge in [0, 0.05) is 51.5 Å². The molecule has 0 saturated heterocycles. The standard InChI is InChI=1S/C40H42Cl2N2O5/c1-47-38(45)28-48-22-23-49-39-35(30-13-10-15-33(41)24-30)26-32(27-36(39)31-14-11-16-34(42)25-31)40(46)43-19-8-4-2-3-5-9-20-44-21-18-29-12-6-7-17-37(29)44/h6-7,10-18,21,24-27H,2-5,8-9,19-20,22-23,28H2,1H3,(H,43,46). The van der Waals surface area contributed by atoms with Crippen molar-refractivity contribution in [1.82, 2.24) is 9.88 Å². The molecule has 0 atom stereocenters. The van der Waals surface area contributed by atoms with Gasteiger partial charge in [0.15, 0.2) is 0 Å². The van der Waals surface area contributed by atoms with Gasteiger partial charge in [-0.2, -0.15) is 0 Å². The molecule has 49 heavy (non-hydrogen) atoms. The topological polar surface area (TPSA) is 78.8 Å². The second-order valence-corrected chi connectivity index (χ2v) is 12.7. The van der Waals surface area contributed by atoms with Gasteiger partial charge in [-0.3, -0.25) is 4.79 Å². The second kappa shape index (κ2) is 18.5. The molecule has 1 N–H and O–H groups in total. The van der Waals surface area contributed by atoms with Crippen LogP contribution in [0.15, 0.2) is 97.2 Å². The molecule has 4 aromatic carbocycles. The van der Waals surface area contributed by atoms with Gasteiger partial charge >= 0.3 is 5.97 Å². The summed E-state index contributed by atoms with van der Waals surface area (Å²) in [6.07, 6.45) is 8.78. The molecular formula is C40H42Cl2N2O5. The number of esters is 1. The number of ether oxygens (including phenoxy) is 3. The average molecular weight is 702 g/mol. The van der Waals surface area contributed by atoms with E-state index in [2.05, 4.69) is 51.1 Å². The van der Waals surface area contributed by atoms with Crippen LogP contribution in [0.3, 0.4) is 0 Å². The number of amides is 1. The summed E-state index contributed by atoms with van der Waals surface area (Å²) in [6.45, 7) is 1.76. The van der Waals surface area contributed by atoms with Gasteiger partial charge in [0.1, 0.15) is 19.0 Å². The number of carbonyl (C=O) groups is 2. The van der Waals surface area contributed by atoms with E-state index in [0.717, 1.165) is 43.4 Å². The monoisotopic (exact) mass is 700 g/mol. The van der Waals surface area contributed by atoms with Crippen molar-refractivity contribution in [2.24, 2.45) is 0 Å². The molecule has 7 nitrogen and oxygen atoms in total. The SMILES string of the molecule is COC(=O)COCCOc1c(-c2cccc(Cl)c2)cc(C(=O)NCCCCCCCCn2ccc3ccccc32)cc1-c1cccc(Cl)c1. The number of fused-ring (bicyclic) bond motifs is 1. The summed E-state index contributed by atoms with van der Waals surface area (Å²) in [5.74, 6) is -0.0849. The van der Waals surface area contributed by atoms with Crippen LogP contribution >= 0.6 is 23.2 Å². The number of nitrogens with one attached hydrogen (secondary N) is 1. The lowest BCUT2D eigenvalue weighted by Gasteiger charge is -2.19. The van der Waals surface area contributed by atoms with Crippen LogP contribution in [-0.4, -0.2) is 49.9 Å². The van der Waals surface area contributed by atoms with Crippen molar-refractivity contribution in [1.29, 1.82) is 0 Å². The summed E-state index contributed by atoms with van der Waals surface area (Å²) in [7, 11) is 1.31. The van der Waals surface area contributed by atoms with Crippen molar-refractivity contribution >= 4 is 46.0 Å². The molecule has 256 valence electrons. The Morgan fingerprint density at radius 3 is 2.06 bits per heavy atom. The largest absolute Gasteiger partial charge is 0.490 e. The number of benzene rings is 4. The Hall–Kier alpha value is -4.30. The lowest BCUT2D eigenvalue weighted by atomic mass is 9.94. The molecule has 0 bridgehead atoms. The number of hydrogen-bond acceptors (Lipinski definition) is 5. The molecule has 0 aliphatic heterocycles. The van der Waals surface area contributed by atoms with E-state index in [-0.39, 0.29) is 25.7 Å². The zero-order valence-corrected chi connectivity index (χ0v) is 29.3. The average Bonchev–Trinajstić information content (AvgIpc) is 3.53. The van der Waals surface area contributed by atoms with Crippen LogP contribution in [0, 0.1) is 0 Å². The number of rotatable bonds is 18. The molecular weight excluding hydrogens is 659 g/mol. The number of nitrogens with zero attached hydrogens (tertiary/aromatic N) is 1. The Morgan fingerprint density at radius 2 is 1.39 bits per heavy atom. The lowest BCUT2D eigenvalue weighted by molar-refractivity contribution is -0.146. The number of aromatic nitrogens is 1. The quantitative estimate of drug-likeness (QED) is 0.0728. The molecule has 0 saturated carbocycles. The van der Waals surface area contributed by atoms with E-state index < -0.39 is 5.97 Å². The Bertz CT molecular complexity index is 1790. The highest BCUT2D eigenvalue weighted by Crippen LogP contribution is 2.41. The zero-order valence-electron chi connectivity index (χ0n) is 27.8. The normalized spacial score (nSPS) is 11.1. The summed E-state index contributed by atoms with van der Waals surface area (Å²) >= 11 is 12.8. The molecule has 5 aromatic rings. The van der Waals surface area contributed by atoms with Gasteiger partial charge in [-0.1, -0.05) is 91.3 Å². The van der Waals surface area contributed by atoms with Crippen molar-refractivity contribution < 1.29 is 23.8 Å². The smallest absolute Gasteiger partial charge is 0.331 e. The van der Waals surface area contributed by atoms with Gasteiger partial charge in [-0.05, 0) is 77.9 Å². The fourth-order valence-electron chi connectivity index (χ4n) is 5.83. The second-order valence-electron chi connectivity index (χ2n) is 11.8. The van der Waals surface area contributed by atoms with E-state index in [4.69, 9.17) is 32.7 Å². The van der Waals surface area contributed by atoms with Crippen LogP contribution in [0.25, 0.3) is 33.2 Å². The third-order valence-electron chi connectivity index (χ3n) is 8.34. The Kier molecular flexibility index (Phi) is 13.6. The Balaban J connectivity index is 1.21. The molecule has 5 rings (SSSR count). The predicted octanol–water partition coefficient (Wildman–Crippen LogP) is 9.62. The van der Waals surface area contributed by atoms with Gasteiger partial charge in [0.25, 0.3) is 5.91 Å². The van der Waals surface area contributed by atoms with E-state index in [9.17, 15) is 9.59 Å².